The molecule has 120 valence electrons. The van der Waals surface area contributed by atoms with E-state index in [1.54, 1.807) is 13.8 Å². The molecule has 0 saturated carbocycles. The lowest BCUT2D eigenvalue weighted by Crippen LogP contribution is -2.56. The zero-order valence-electron chi connectivity index (χ0n) is 12.3. The summed E-state index contributed by atoms with van der Waals surface area (Å²) in [6, 6.07) is -2.86. The second-order valence-electron chi connectivity index (χ2n) is 5.54. The first-order chi connectivity index (χ1) is 9.79. The second kappa shape index (κ2) is 7.37. The highest BCUT2D eigenvalue weighted by Crippen LogP contribution is 2.18. The van der Waals surface area contributed by atoms with E-state index in [-0.39, 0.29) is 5.92 Å². The summed E-state index contributed by atoms with van der Waals surface area (Å²) in [6.45, 7) is 3.23. The minimum atomic E-state index is -1.16. The summed E-state index contributed by atoms with van der Waals surface area (Å²) < 4.78 is 0. The molecule has 21 heavy (non-hydrogen) atoms. The van der Waals surface area contributed by atoms with Crippen LogP contribution in [-0.4, -0.2) is 64.2 Å². The lowest BCUT2D eigenvalue weighted by atomic mass is 10.0. The third kappa shape index (κ3) is 4.15. The predicted molar refractivity (Wildman–Crippen MR) is 74.2 cm³/mol. The van der Waals surface area contributed by atoms with Crippen molar-refractivity contribution in [3.05, 3.63) is 0 Å². The molecule has 1 fully saturated rings. The number of hydrogen-bond donors (Lipinski definition) is 4. The summed E-state index contributed by atoms with van der Waals surface area (Å²) in [5.41, 5.74) is 5.68. The summed E-state index contributed by atoms with van der Waals surface area (Å²) in [5.74, 6) is -2.32. The monoisotopic (exact) mass is 301 g/mol. The normalized spacial score (nSPS) is 21.2. The molecule has 1 rings (SSSR count). The van der Waals surface area contributed by atoms with Crippen LogP contribution in [0.1, 0.15) is 26.7 Å². The molecule has 1 aliphatic heterocycles. The van der Waals surface area contributed by atoms with Gasteiger partial charge in [0.05, 0.1) is 12.6 Å². The minimum Gasteiger partial charge on any atom is -0.480 e. The average Bonchev–Trinajstić information content (AvgIpc) is 2.92. The first kappa shape index (κ1) is 17.4. The first-order valence-corrected chi connectivity index (χ1v) is 6.99. The van der Waals surface area contributed by atoms with Gasteiger partial charge in [0.2, 0.25) is 11.8 Å². The van der Waals surface area contributed by atoms with E-state index < -0.39 is 42.5 Å². The standard InChI is InChI=1S/C13H23N3O5/c1-7(2)10(14)11(18)15-8(6-17)12(19)16-5-3-4-9(16)13(20)21/h7-10,17H,3-6,14H2,1-2H3,(H,15,18)(H,20,21)/t8-,9+,10-/m0/s1. The number of nitrogens with zero attached hydrogens (tertiary/aromatic N) is 1. The third-order valence-corrected chi connectivity index (χ3v) is 3.64. The SMILES string of the molecule is CC(C)[C@H](N)C(=O)N[C@@H](CO)C(=O)N1CCC[C@@H]1C(=O)O. The minimum absolute atomic E-state index is 0.113. The Hall–Kier alpha value is -1.67. The maximum absolute atomic E-state index is 12.3. The van der Waals surface area contributed by atoms with Crippen LogP contribution in [0.25, 0.3) is 0 Å². The van der Waals surface area contributed by atoms with E-state index in [9.17, 15) is 19.5 Å². The van der Waals surface area contributed by atoms with Crippen LogP contribution >= 0.6 is 0 Å². The van der Waals surface area contributed by atoms with Crippen LogP contribution in [-0.2, 0) is 14.4 Å². The lowest BCUT2D eigenvalue weighted by molar-refractivity contribution is -0.150. The molecule has 5 N–H and O–H groups in total. The van der Waals surface area contributed by atoms with E-state index >= 15 is 0 Å². The number of aliphatic hydroxyl groups excluding tert-OH is 1. The Bertz CT molecular complexity index is 413. The van der Waals surface area contributed by atoms with Crippen molar-refractivity contribution in [1.82, 2.24) is 10.2 Å². The molecule has 1 saturated heterocycles. The molecule has 1 aliphatic rings. The Morgan fingerprint density at radius 1 is 1.38 bits per heavy atom. The molecular weight excluding hydrogens is 278 g/mol. The van der Waals surface area contributed by atoms with Crippen LogP contribution in [0, 0.1) is 5.92 Å². The van der Waals surface area contributed by atoms with Gasteiger partial charge in [-0.05, 0) is 18.8 Å². The van der Waals surface area contributed by atoms with Gasteiger partial charge in [-0.15, -0.1) is 0 Å². The molecule has 0 aromatic carbocycles. The summed E-state index contributed by atoms with van der Waals surface area (Å²) in [5, 5.41) is 20.8. The molecule has 0 spiro atoms. The number of carboxylic acid groups (broad SMARTS) is 1. The Labute approximate surface area is 123 Å². The van der Waals surface area contributed by atoms with E-state index in [1.807, 2.05) is 0 Å². The number of aliphatic hydroxyl groups is 1. The Balaban J connectivity index is 2.73. The van der Waals surface area contributed by atoms with E-state index in [0.29, 0.717) is 19.4 Å². The molecule has 0 aliphatic carbocycles. The molecular formula is C13H23N3O5. The first-order valence-electron chi connectivity index (χ1n) is 6.99. The fourth-order valence-corrected chi connectivity index (χ4v) is 2.24. The number of carbonyl (C=O) groups is 3. The number of amides is 2. The largest absolute Gasteiger partial charge is 0.480 e. The van der Waals surface area contributed by atoms with Crippen LogP contribution in [0.5, 0.6) is 0 Å². The maximum Gasteiger partial charge on any atom is 0.326 e. The zero-order chi connectivity index (χ0) is 16.2. The van der Waals surface area contributed by atoms with Gasteiger partial charge in [-0.25, -0.2) is 4.79 Å². The summed E-state index contributed by atoms with van der Waals surface area (Å²) in [4.78, 5) is 36.4. The van der Waals surface area contributed by atoms with Gasteiger partial charge in [0.25, 0.3) is 0 Å². The number of aliphatic carboxylic acids is 1. The van der Waals surface area contributed by atoms with Crippen LogP contribution in [0.2, 0.25) is 0 Å². The fraction of sp³-hybridized carbons (Fsp3) is 0.769. The summed E-state index contributed by atoms with van der Waals surface area (Å²) in [6.07, 6.45) is 0.957. The Kier molecular flexibility index (Phi) is 6.10. The topological polar surface area (TPSA) is 133 Å². The van der Waals surface area contributed by atoms with Crippen molar-refractivity contribution in [1.29, 1.82) is 0 Å². The number of carboxylic acids is 1. The van der Waals surface area contributed by atoms with Gasteiger partial charge < -0.3 is 26.2 Å². The summed E-state index contributed by atoms with van der Waals surface area (Å²) >= 11 is 0. The van der Waals surface area contributed by atoms with Gasteiger partial charge in [0.1, 0.15) is 12.1 Å². The van der Waals surface area contributed by atoms with E-state index in [2.05, 4.69) is 5.32 Å². The van der Waals surface area contributed by atoms with Gasteiger partial charge >= 0.3 is 5.97 Å². The molecule has 0 aromatic heterocycles. The van der Waals surface area contributed by atoms with E-state index in [4.69, 9.17) is 10.8 Å². The molecule has 0 unspecified atom stereocenters. The van der Waals surface area contributed by atoms with Gasteiger partial charge in [0, 0.05) is 6.54 Å². The third-order valence-electron chi connectivity index (χ3n) is 3.64. The van der Waals surface area contributed by atoms with Crippen LogP contribution < -0.4 is 11.1 Å². The van der Waals surface area contributed by atoms with Crippen molar-refractivity contribution in [2.45, 2.75) is 44.8 Å². The van der Waals surface area contributed by atoms with Crippen LogP contribution in [0.3, 0.4) is 0 Å². The molecule has 0 aromatic rings. The van der Waals surface area contributed by atoms with Gasteiger partial charge in [-0.1, -0.05) is 13.8 Å². The highest BCUT2D eigenvalue weighted by molar-refractivity contribution is 5.92. The molecule has 2 amide bonds. The molecule has 8 nitrogen and oxygen atoms in total. The number of likely N-dealkylation sites (tertiary alicyclic amines) is 1. The van der Waals surface area contributed by atoms with Crippen molar-refractivity contribution in [3.63, 3.8) is 0 Å². The second-order valence-corrected chi connectivity index (χ2v) is 5.54. The Morgan fingerprint density at radius 3 is 2.48 bits per heavy atom. The molecule has 0 radical (unpaired) electrons. The summed E-state index contributed by atoms with van der Waals surface area (Å²) in [7, 11) is 0. The van der Waals surface area contributed by atoms with E-state index in [0.717, 1.165) is 0 Å². The zero-order valence-corrected chi connectivity index (χ0v) is 12.3. The fourth-order valence-electron chi connectivity index (χ4n) is 2.24. The molecule has 0 bridgehead atoms. The number of rotatable bonds is 6. The van der Waals surface area contributed by atoms with Crippen molar-refractivity contribution in [2.75, 3.05) is 13.2 Å². The quantitative estimate of drug-likeness (QED) is 0.473. The number of carbonyl (C=O) groups excluding carboxylic acids is 2. The van der Waals surface area contributed by atoms with Gasteiger partial charge in [0.15, 0.2) is 0 Å². The van der Waals surface area contributed by atoms with Gasteiger partial charge in [-0.2, -0.15) is 0 Å². The van der Waals surface area contributed by atoms with Gasteiger partial charge in [-0.3, -0.25) is 9.59 Å². The highest BCUT2D eigenvalue weighted by Gasteiger charge is 2.37. The number of nitrogens with one attached hydrogen (secondary N) is 1. The van der Waals surface area contributed by atoms with Crippen molar-refractivity contribution >= 4 is 17.8 Å². The molecule has 8 heteroatoms. The van der Waals surface area contributed by atoms with Crippen LogP contribution in [0.15, 0.2) is 0 Å². The van der Waals surface area contributed by atoms with Crippen molar-refractivity contribution < 1.29 is 24.6 Å². The Morgan fingerprint density at radius 2 is 2.00 bits per heavy atom. The predicted octanol–water partition coefficient (Wildman–Crippen LogP) is -1.48. The number of nitrogens with two attached hydrogens (primary N) is 1. The maximum atomic E-state index is 12.3. The molecule has 3 atom stereocenters. The van der Waals surface area contributed by atoms with Crippen molar-refractivity contribution in [3.8, 4) is 0 Å². The lowest BCUT2D eigenvalue weighted by Gasteiger charge is -2.27. The van der Waals surface area contributed by atoms with E-state index in [1.165, 1.54) is 4.90 Å². The smallest absolute Gasteiger partial charge is 0.326 e. The average molecular weight is 301 g/mol. The molecule has 1 heterocycles. The number of hydrogen-bond acceptors (Lipinski definition) is 5. The van der Waals surface area contributed by atoms with Crippen LogP contribution in [0.4, 0.5) is 0 Å². The van der Waals surface area contributed by atoms with Crippen molar-refractivity contribution in [2.24, 2.45) is 11.7 Å². The highest BCUT2D eigenvalue weighted by atomic mass is 16.4.